The summed E-state index contributed by atoms with van der Waals surface area (Å²) in [6, 6.07) is 3.32. The molecule has 0 fully saturated rings. The zero-order valence-corrected chi connectivity index (χ0v) is 19.0. The molecular weight excluding hydrogens is 437 g/mol. The molecule has 1 N–H and O–H groups in total. The molecule has 178 valence electrons. The Hall–Kier alpha value is -3.37. The molecule has 0 saturated carbocycles. The Morgan fingerprint density at radius 2 is 2.06 bits per heavy atom. The van der Waals surface area contributed by atoms with Crippen LogP contribution in [0.2, 0.25) is 0 Å². The molecule has 33 heavy (non-hydrogen) atoms. The summed E-state index contributed by atoms with van der Waals surface area (Å²) >= 11 is 0. The van der Waals surface area contributed by atoms with Gasteiger partial charge in [0.1, 0.15) is 5.52 Å². The highest BCUT2D eigenvalue weighted by atomic mass is 19.4. The molecular formula is C22H27F3N6O2. The fourth-order valence-corrected chi connectivity index (χ4v) is 3.81. The van der Waals surface area contributed by atoms with Crippen molar-refractivity contribution in [1.82, 2.24) is 29.3 Å². The highest BCUT2D eigenvalue weighted by Crippen LogP contribution is 2.25. The van der Waals surface area contributed by atoms with E-state index >= 15 is 0 Å². The molecule has 0 aliphatic carbocycles. The molecule has 0 radical (unpaired) electrons. The van der Waals surface area contributed by atoms with Crippen LogP contribution in [0.25, 0.3) is 11.5 Å². The average Bonchev–Trinajstić information content (AvgIpc) is 3.36. The first-order chi connectivity index (χ1) is 15.6. The Bertz CT molecular complexity index is 1220. The molecule has 11 heteroatoms. The number of carbonyl (C=O) groups excluding carboxylic acids is 1. The second kappa shape index (κ2) is 9.63. The molecule has 3 aromatic heterocycles. The third-order valence-corrected chi connectivity index (χ3v) is 5.58. The minimum absolute atomic E-state index is 0.151. The van der Waals surface area contributed by atoms with Gasteiger partial charge in [-0.05, 0) is 44.7 Å². The Labute approximate surface area is 188 Å². The molecule has 0 aliphatic heterocycles. The van der Waals surface area contributed by atoms with Gasteiger partial charge in [0, 0.05) is 25.4 Å². The number of aromatic amines is 1. The monoisotopic (exact) mass is 464 g/mol. The van der Waals surface area contributed by atoms with E-state index in [9.17, 15) is 22.8 Å². The summed E-state index contributed by atoms with van der Waals surface area (Å²) in [7, 11) is 0. The second-order valence-electron chi connectivity index (χ2n) is 7.96. The van der Waals surface area contributed by atoms with Crippen molar-refractivity contribution in [2.24, 2.45) is 5.92 Å². The molecule has 1 unspecified atom stereocenters. The summed E-state index contributed by atoms with van der Waals surface area (Å²) in [6.45, 7) is 7.38. The number of fused-ring (bicyclic) bond motifs is 1. The van der Waals surface area contributed by atoms with Gasteiger partial charge in [-0.15, -0.1) is 5.10 Å². The number of H-pyrrole nitrogens is 1. The van der Waals surface area contributed by atoms with E-state index in [0.717, 1.165) is 0 Å². The number of allylic oxidation sites excluding steroid dienone is 1. The van der Waals surface area contributed by atoms with Gasteiger partial charge in [-0.1, -0.05) is 19.4 Å². The largest absolute Gasteiger partial charge is 0.409 e. The molecule has 3 rings (SSSR count). The van der Waals surface area contributed by atoms with E-state index in [4.69, 9.17) is 0 Å². The summed E-state index contributed by atoms with van der Waals surface area (Å²) in [6.07, 6.45) is 0.0317. The van der Waals surface area contributed by atoms with Crippen molar-refractivity contribution in [2.45, 2.75) is 46.7 Å². The van der Waals surface area contributed by atoms with Crippen LogP contribution in [0, 0.1) is 12.8 Å². The van der Waals surface area contributed by atoms with Crippen LogP contribution in [-0.2, 0) is 0 Å². The summed E-state index contributed by atoms with van der Waals surface area (Å²) in [5, 5.41) is 8.55. The fraction of sp³-hybridized carbons (Fsp3) is 0.455. The molecule has 3 heterocycles. The number of carbonyl (C=O) groups is 1. The van der Waals surface area contributed by atoms with Gasteiger partial charge in [0.2, 0.25) is 5.95 Å². The molecule has 8 nitrogen and oxygen atoms in total. The molecule has 0 saturated heterocycles. The van der Waals surface area contributed by atoms with Crippen LogP contribution in [0.15, 0.2) is 41.0 Å². The van der Waals surface area contributed by atoms with Crippen LogP contribution in [0.5, 0.6) is 0 Å². The smallest absolute Gasteiger partial charge is 0.338 e. The van der Waals surface area contributed by atoms with Gasteiger partial charge in [-0.3, -0.25) is 14.6 Å². The third-order valence-electron chi connectivity index (χ3n) is 5.58. The van der Waals surface area contributed by atoms with E-state index in [2.05, 4.69) is 15.2 Å². The van der Waals surface area contributed by atoms with Crippen LogP contribution in [0.1, 0.15) is 49.7 Å². The lowest BCUT2D eigenvalue weighted by Crippen LogP contribution is -2.36. The lowest BCUT2D eigenvalue weighted by molar-refractivity contribution is -0.0809. The topological polar surface area (TPSA) is 88.3 Å². The van der Waals surface area contributed by atoms with Gasteiger partial charge >= 0.3 is 6.18 Å². The quantitative estimate of drug-likeness (QED) is 0.512. The minimum atomic E-state index is -4.40. The summed E-state index contributed by atoms with van der Waals surface area (Å²) in [4.78, 5) is 29.8. The van der Waals surface area contributed by atoms with Crippen molar-refractivity contribution in [1.29, 1.82) is 0 Å². The van der Waals surface area contributed by atoms with Gasteiger partial charge in [-0.25, -0.2) is 9.20 Å². The van der Waals surface area contributed by atoms with Crippen LogP contribution >= 0.6 is 0 Å². The Morgan fingerprint density at radius 3 is 2.70 bits per heavy atom. The number of nitrogens with zero attached hydrogens (tertiary/aromatic N) is 5. The van der Waals surface area contributed by atoms with Gasteiger partial charge in [0.25, 0.3) is 11.5 Å². The highest BCUT2D eigenvalue weighted by molar-refractivity contribution is 5.95. The third kappa shape index (κ3) is 5.35. The van der Waals surface area contributed by atoms with Crippen molar-refractivity contribution in [3.8, 4) is 5.95 Å². The number of alkyl halides is 3. The Morgan fingerprint density at radius 1 is 1.33 bits per heavy atom. The standard InChI is InChI=1S/C22H27F3N6O2/c1-5-9-29(13-16(6-2)14(3)11-22(23,24)25)20(33)17-12-26-31(15(17)4)21-27-19(32)18-8-7-10-30(18)28-21/h7-8,10-12,16H,5-6,9,13H2,1-4H3,(H,27,28,32)/b14-11-. The zero-order chi connectivity index (χ0) is 24.3. The van der Waals surface area contributed by atoms with Crippen LogP contribution in [0.4, 0.5) is 13.2 Å². The van der Waals surface area contributed by atoms with E-state index in [1.807, 2.05) is 6.92 Å². The number of amides is 1. The lowest BCUT2D eigenvalue weighted by Gasteiger charge is -2.27. The number of aromatic nitrogens is 5. The maximum Gasteiger partial charge on any atom is 0.409 e. The number of nitrogens with one attached hydrogen (secondary N) is 1. The van der Waals surface area contributed by atoms with E-state index < -0.39 is 12.1 Å². The Balaban J connectivity index is 1.91. The average molecular weight is 464 g/mol. The molecule has 0 spiro atoms. The summed E-state index contributed by atoms with van der Waals surface area (Å²) < 4.78 is 41.3. The predicted octanol–water partition coefficient (Wildman–Crippen LogP) is 3.90. The highest BCUT2D eigenvalue weighted by Gasteiger charge is 2.28. The van der Waals surface area contributed by atoms with Crippen molar-refractivity contribution in [3.63, 3.8) is 0 Å². The van der Waals surface area contributed by atoms with E-state index in [1.165, 1.54) is 22.3 Å². The molecule has 0 bridgehead atoms. The maximum atomic E-state index is 13.3. The Kier molecular flexibility index (Phi) is 7.09. The molecule has 0 aromatic carbocycles. The normalized spacial score (nSPS) is 13.5. The number of halogens is 3. The minimum Gasteiger partial charge on any atom is -0.338 e. The first kappa shape index (κ1) is 24.3. The summed E-state index contributed by atoms with van der Waals surface area (Å²) in [5.41, 5.74) is 0.977. The number of hydrogen-bond donors (Lipinski definition) is 1. The lowest BCUT2D eigenvalue weighted by atomic mass is 9.96. The van der Waals surface area contributed by atoms with Crippen molar-refractivity contribution >= 4 is 11.4 Å². The van der Waals surface area contributed by atoms with E-state index in [0.29, 0.717) is 42.2 Å². The van der Waals surface area contributed by atoms with Crippen LogP contribution < -0.4 is 5.56 Å². The van der Waals surface area contributed by atoms with E-state index in [1.54, 1.807) is 37.1 Å². The first-order valence-electron chi connectivity index (χ1n) is 10.7. The SMILES string of the molecule is CCCN(CC(CC)/C(C)=C\C(F)(F)F)C(=O)c1cnn(-c2nn3cccc3c(=O)[nH]2)c1C. The summed E-state index contributed by atoms with van der Waals surface area (Å²) in [5.74, 6) is -0.604. The van der Waals surface area contributed by atoms with Crippen molar-refractivity contribution in [2.75, 3.05) is 13.1 Å². The fourth-order valence-electron chi connectivity index (χ4n) is 3.81. The first-order valence-corrected chi connectivity index (χ1v) is 10.7. The number of rotatable bonds is 8. The van der Waals surface area contributed by atoms with Gasteiger partial charge in [0.05, 0.1) is 17.5 Å². The van der Waals surface area contributed by atoms with Crippen molar-refractivity contribution in [3.05, 3.63) is 57.8 Å². The van der Waals surface area contributed by atoms with Gasteiger partial charge < -0.3 is 4.90 Å². The molecule has 3 aromatic rings. The van der Waals surface area contributed by atoms with Gasteiger partial charge in [0.15, 0.2) is 0 Å². The van der Waals surface area contributed by atoms with Crippen LogP contribution in [0.3, 0.4) is 0 Å². The zero-order valence-electron chi connectivity index (χ0n) is 19.0. The molecule has 1 amide bonds. The second-order valence-corrected chi connectivity index (χ2v) is 7.96. The van der Waals surface area contributed by atoms with Gasteiger partial charge in [-0.2, -0.15) is 18.3 Å². The predicted molar refractivity (Wildman–Crippen MR) is 117 cm³/mol. The van der Waals surface area contributed by atoms with E-state index in [-0.39, 0.29) is 29.5 Å². The maximum absolute atomic E-state index is 13.3. The van der Waals surface area contributed by atoms with Crippen molar-refractivity contribution < 1.29 is 18.0 Å². The van der Waals surface area contributed by atoms with Crippen LogP contribution in [-0.4, -0.2) is 54.5 Å². The molecule has 1 atom stereocenters. The number of hydrogen-bond acceptors (Lipinski definition) is 4. The molecule has 0 aliphatic rings.